The molecule has 1 aliphatic heterocycles. The van der Waals surface area contributed by atoms with Gasteiger partial charge in [0.2, 0.25) is 0 Å². The van der Waals surface area contributed by atoms with Crippen molar-refractivity contribution in [3.63, 3.8) is 0 Å². The summed E-state index contributed by atoms with van der Waals surface area (Å²) in [6.45, 7) is 1.78. The molecule has 0 amide bonds. The van der Waals surface area contributed by atoms with Crippen molar-refractivity contribution in [2.24, 2.45) is 0 Å². The van der Waals surface area contributed by atoms with Gasteiger partial charge >= 0.3 is 0 Å². The Kier molecular flexibility index (Phi) is 3.86. The molecular formula is C19H16N2O2. The van der Waals surface area contributed by atoms with E-state index in [0.717, 1.165) is 5.56 Å². The van der Waals surface area contributed by atoms with Crippen LogP contribution in [0.3, 0.4) is 0 Å². The van der Waals surface area contributed by atoms with Crippen LogP contribution in [0.4, 0.5) is 5.69 Å². The molecule has 4 heteroatoms. The third-order valence-corrected chi connectivity index (χ3v) is 4.07. The zero-order valence-corrected chi connectivity index (χ0v) is 12.7. The van der Waals surface area contributed by atoms with Gasteiger partial charge in [-0.2, -0.15) is 5.26 Å². The van der Waals surface area contributed by atoms with E-state index in [-0.39, 0.29) is 17.6 Å². The van der Waals surface area contributed by atoms with Gasteiger partial charge in [0.1, 0.15) is 5.75 Å². The minimum atomic E-state index is -0.202. The third-order valence-electron chi connectivity index (χ3n) is 4.07. The van der Waals surface area contributed by atoms with Crippen molar-refractivity contribution < 1.29 is 9.90 Å². The number of nitriles is 1. The lowest BCUT2D eigenvalue weighted by molar-refractivity contribution is -0.116. The number of nitrogens with zero attached hydrogens (tertiary/aromatic N) is 2. The standard InChI is InChI=1S/C19H16N2O2/c1-13-12-21(16-4-2-3-5-18(16)22)17(10-19(13)23)15-8-6-14(11-20)7-9-15/h2-9,12,17,22H,10H2,1H3. The van der Waals surface area contributed by atoms with E-state index < -0.39 is 0 Å². The number of ketones is 1. The number of carbonyl (C=O) groups excluding carboxylic acids is 1. The number of phenols is 1. The van der Waals surface area contributed by atoms with Crippen LogP contribution in [0.2, 0.25) is 0 Å². The van der Waals surface area contributed by atoms with Crippen LogP contribution in [0.5, 0.6) is 5.75 Å². The summed E-state index contributed by atoms with van der Waals surface area (Å²) in [6.07, 6.45) is 2.12. The molecule has 2 aromatic carbocycles. The molecule has 4 nitrogen and oxygen atoms in total. The summed E-state index contributed by atoms with van der Waals surface area (Å²) < 4.78 is 0. The molecule has 1 atom stereocenters. The molecule has 3 rings (SSSR count). The Morgan fingerprint density at radius 2 is 1.87 bits per heavy atom. The molecule has 1 N–H and O–H groups in total. The molecule has 1 heterocycles. The van der Waals surface area contributed by atoms with E-state index >= 15 is 0 Å². The van der Waals surface area contributed by atoms with E-state index in [2.05, 4.69) is 6.07 Å². The first-order valence-electron chi connectivity index (χ1n) is 7.38. The number of benzene rings is 2. The van der Waals surface area contributed by atoms with Crippen LogP contribution in [0.15, 0.2) is 60.3 Å². The first-order valence-corrected chi connectivity index (χ1v) is 7.38. The molecule has 1 unspecified atom stereocenters. The minimum Gasteiger partial charge on any atom is -0.506 e. The maximum absolute atomic E-state index is 12.2. The fraction of sp³-hybridized carbons (Fsp3) is 0.158. The lowest BCUT2D eigenvalue weighted by Gasteiger charge is -2.35. The van der Waals surface area contributed by atoms with E-state index in [1.54, 1.807) is 37.4 Å². The van der Waals surface area contributed by atoms with Crippen LogP contribution in [0.25, 0.3) is 0 Å². The van der Waals surface area contributed by atoms with E-state index in [1.807, 2.05) is 29.2 Å². The summed E-state index contributed by atoms with van der Waals surface area (Å²) in [5.74, 6) is 0.260. The molecule has 23 heavy (non-hydrogen) atoms. The van der Waals surface area contributed by atoms with Gasteiger partial charge in [-0.3, -0.25) is 4.79 Å². The number of allylic oxidation sites excluding steroid dienone is 1. The van der Waals surface area contributed by atoms with Gasteiger partial charge in [0, 0.05) is 18.2 Å². The number of Topliss-reactive ketones (excluding diaryl/α,β-unsaturated/α-hetero) is 1. The van der Waals surface area contributed by atoms with Crippen molar-refractivity contribution in [1.82, 2.24) is 0 Å². The van der Waals surface area contributed by atoms with Crippen LogP contribution in [-0.2, 0) is 4.79 Å². The highest BCUT2D eigenvalue weighted by Crippen LogP contribution is 2.38. The molecule has 0 fully saturated rings. The van der Waals surface area contributed by atoms with Gasteiger partial charge < -0.3 is 10.0 Å². The van der Waals surface area contributed by atoms with Gasteiger partial charge in [0.15, 0.2) is 5.78 Å². The average molecular weight is 304 g/mol. The largest absolute Gasteiger partial charge is 0.506 e. The highest BCUT2D eigenvalue weighted by Gasteiger charge is 2.29. The van der Waals surface area contributed by atoms with Crippen molar-refractivity contribution >= 4 is 11.5 Å². The number of para-hydroxylation sites is 2. The Bertz CT molecular complexity index is 816. The van der Waals surface area contributed by atoms with E-state index in [4.69, 9.17) is 5.26 Å². The Hall–Kier alpha value is -3.06. The van der Waals surface area contributed by atoms with Gasteiger partial charge in [-0.25, -0.2) is 0 Å². The highest BCUT2D eigenvalue weighted by atomic mass is 16.3. The zero-order chi connectivity index (χ0) is 16.4. The fourth-order valence-electron chi connectivity index (χ4n) is 2.78. The summed E-state index contributed by atoms with van der Waals surface area (Å²) in [5.41, 5.74) is 2.84. The number of aromatic hydroxyl groups is 1. The van der Waals surface area contributed by atoms with Gasteiger partial charge in [0.05, 0.1) is 23.4 Å². The molecule has 0 aliphatic carbocycles. The van der Waals surface area contributed by atoms with Crippen LogP contribution in [-0.4, -0.2) is 10.9 Å². The monoisotopic (exact) mass is 304 g/mol. The lowest BCUT2D eigenvalue weighted by Crippen LogP contribution is -2.31. The Morgan fingerprint density at radius 3 is 2.52 bits per heavy atom. The van der Waals surface area contributed by atoms with E-state index in [1.165, 1.54) is 0 Å². The molecule has 0 bridgehead atoms. The van der Waals surface area contributed by atoms with Gasteiger partial charge in [-0.1, -0.05) is 24.3 Å². The van der Waals surface area contributed by atoms with Gasteiger partial charge in [-0.15, -0.1) is 0 Å². The topological polar surface area (TPSA) is 64.3 Å². The SMILES string of the molecule is CC1=CN(c2ccccc2O)C(c2ccc(C#N)cc2)CC1=O. The maximum atomic E-state index is 12.2. The van der Waals surface area contributed by atoms with Crippen LogP contribution in [0.1, 0.15) is 30.5 Å². The van der Waals surface area contributed by atoms with Crippen molar-refractivity contribution in [3.05, 3.63) is 71.4 Å². The number of anilines is 1. The van der Waals surface area contributed by atoms with Crippen LogP contribution < -0.4 is 4.90 Å². The summed E-state index contributed by atoms with van der Waals surface area (Å²) >= 11 is 0. The second kappa shape index (κ2) is 5.98. The molecule has 2 aromatic rings. The Balaban J connectivity index is 2.07. The normalized spacial score (nSPS) is 17.6. The molecule has 114 valence electrons. The predicted molar refractivity (Wildman–Crippen MR) is 87.9 cm³/mol. The quantitative estimate of drug-likeness (QED) is 0.919. The Morgan fingerprint density at radius 1 is 1.17 bits per heavy atom. The highest BCUT2D eigenvalue weighted by molar-refractivity contribution is 5.97. The molecule has 0 saturated heterocycles. The zero-order valence-electron chi connectivity index (χ0n) is 12.7. The van der Waals surface area contributed by atoms with Crippen molar-refractivity contribution in [2.45, 2.75) is 19.4 Å². The van der Waals surface area contributed by atoms with Gasteiger partial charge in [-0.05, 0) is 36.8 Å². The number of carbonyl (C=O) groups is 1. The van der Waals surface area contributed by atoms with Crippen LogP contribution in [0, 0.1) is 11.3 Å². The van der Waals surface area contributed by atoms with Crippen LogP contribution >= 0.6 is 0 Å². The van der Waals surface area contributed by atoms with E-state index in [0.29, 0.717) is 23.2 Å². The smallest absolute Gasteiger partial charge is 0.162 e. The molecule has 0 radical (unpaired) electrons. The number of hydrogen-bond donors (Lipinski definition) is 1. The van der Waals surface area contributed by atoms with Gasteiger partial charge in [0.25, 0.3) is 0 Å². The summed E-state index contributed by atoms with van der Waals surface area (Å²) in [4.78, 5) is 14.1. The first kappa shape index (κ1) is 14.9. The summed E-state index contributed by atoms with van der Waals surface area (Å²) in [5, 5.41) is 19.1. The number of rotatable bonds is 2. The predicted octanol–water partition coefficient (Wildman–Crippen LogP) is 3.69. The number of phenolic OH excluding ortho intramolecular Hbond substituents is 1. The van der Waals surface area contributed by atoms with Crippen molar-refractivity contribution in [3.8, 4) is 11.8 Å². The minimum absolute atomic E-state index is 0.0889. The van der Waals surface area contributed by atoms with Crippen molar-refractivity contribution in [1.29, 1.82) is 5.26 Å². The number of hydrogen-bond acceptors (Lipinski definition) is 4. The lowest BCUT2D eigenvalue weighted by atomic mass is 9.93. The molecule has 0 aromatic heterocycles. The second-order valence-corrected chi connectivity index (χ2v) is 5.59. The van der Waals surface area contributed by atoms with Crippen molar-refractivity contribution in [2.75, 3.05) is 4.90 Å². The molecular weight excluding hydrogens is 288 g/mol. The first-order chi connectivity index (χ1) is 11.1. The maximum Gasteiger partial charge on any atom is 0.162 e. The average Bonchev–Trinajstić information content (AvgIpc) is 2.58. The van der Waals surface area contributed by atoms with E-state index in [9.17, 15) is 9.90 Å². The second-order valence-electron chi connectivity index (χ2n) is 5.59. The summed E-state index contributed by atoms with van der Waals surface area (Å²) in [7, 11) is 0. The molecule has 0 spiro atoms. The Labute approximate surface area is 134 Å². The third kappa shape index (κ3) is 2.82. The molecule has 0 saturated carbocycles. The summed E-state index contributed by atoms with van der Waals surface area (Å²) in [6, 6.07) is 16.2. The fourth-order valence-corrected chi connectivity index (χ4v) is 2.78. The molecule has 1 aliphatic rings.